The van der Waals surface area contributed by atoms with Crippen LogP contribution in [-0.2, 0) is 0 Å². The van der Waals surface area contributed by atoms with Gasteiger partial charge in [-0.1, -0.05) is 48.5 Å². The molecule has 4 aromatic carbocycles. The number of rotatable bonds is 1. The number of fused-ring (bicyclic) bond motifs is 10. The van der Waals surface area contributed by atoms with E-state index in [0.29, 0.717) is 0 Å². The summed E-state index contributed by atoms with van der Waals surface area (Å²) in [7, 11) is 0. The summed E-state index contributed by atoms with van der Waals surface area (Å²) in [6, 6.07) is 32.6. The molecule has 6 nitrogen and oxygen atoms in total. The minimum absolute atomic E-state index is 0.737. The topological polar surface area (TPSA) is 60.4 Å². The van der Waals surface area contributed by atoms with Crippen LogP contribution < -0.4 is 0 Å². The van der Waals surface area contributed by atoms with Crippen molar-refractivity contribution in [3.8, 4) is 11.6 Å². The Balaban J connectivity index is 1.67. The zero-order chi connectivity index (χ0) is 22.2. The SMILES string of the molecule is c1ccc2c(c1)nc(-c1nc3ccccc3c3nc4ccccc4n13)n1c3ccccc3nc21. The summed E-state index contributed by atoms with van der Waals surface area (Å²) in [6.45, 7) is 0. The van der Waals surface area contributed by atoms with E-state index in [1.54, 1.807) is 0 Å². The molecular weight excluding hydrogens is 420 g/mol. The summed E-state index contributed by atoms with van der Waals surface area (Å²) in [5.41, 5.74) is 7.35. The van der Waals surface area contributed by atoms with Crippen molar-refractivity contribution < 1.29 is 0 Å². The molecule has 0 N–H and O–H groups in total. The summed E-state index contributed by atoms with van der Waals surface area (Å²) in [5, 5.41) is 2.02. The van der Waals surface area contributed by atoms with Crippen molar-refractivity contribution in [1.82, 2.24) is 28.7 Å². The molecule has 0 fully saturated rings. The lowest BCUT2D eigenvalue weighted by molar-refractivity contribution is 1.06. The smallest absolute Gasteiger partial charge is 0.183 e. The van der Waals surface area contributed by atoms with Gasteiger partial charge in [-0.25, -0.2) is 19.9 Å². The van der Waals surface area contributed by atoms with Crippen molar-refractivity contribution in [2.75, 3.05) is 0 Å². The van der Waals surface area contributed by atoms with Gasteiger partial charge in [-0.3, -0.25) is 8.80 Å². The highest BCUT2D eigenvalue weighted by atomic mass is 15.2. The summed E-state index contributed by atoms with van der Waals surface area (Å²) >= 11 is 0. The van der Waals surface area contributed by atoms with Gasteiger partial charge >= 0.3 is 0 Å². The molecule has 0 spiro atoms. The monoisotopic (exact) mass is 436 g/mol. The second-order valence-corrected chi connectivity index (χ2v) is 8.42. The van der Waals surface area contributed by atoms with Crippen molar-refractivity contribution in [3.05, 3.63) is 97.1 Å². The van der Waals surface area contributed by atoms with Crippen molar-refractivity contribution in [1.29, 1.82) is 0 Å². The first-order valence-electron chi connectivity index (χ1n) is 11.2. The number of benzene rings is 4. The summed E-state index contributed by atoms with van der Waals surface area (Å²) in [6.07, 6.45) is 0. The van der Waals surface area contributed by atoms with Gasteiger partial charge in [0.05, 0.1) is 33.1 Å². The van der Waals surface area contributed by atoms with Gasteiger partial charge < -0.3 is 0 Å². The highest BCUT2D eigenvalue weighted by molar-refractivity contribution is 6.00. The number of para-hydroxylation sites is 6. The highest BCUT2D eigenvalue weighted by Crippen LogP contribution is 2.32. The Labute approximate surface area is 192 Å². The molecule has 0 atom stereocenters. The molecule has 0 saturated carbocycles. The van der Waals surface area contributed by atoms with E-state index >= 15 is 0 Å². The van der Waals surface area contributed by atoms with E-state index < -0.39 is 0 Å². The number of imidazole rings is 2. The first-order valence-corrected chi connectivity index (χ1v) is 11.2. The number of aromatic nitrogens is 6. The Kier molecular flexibility index (Phi) is 3.31. The van der Waals surface area contributed by atoms with Crippen LogP contribution in [0.1, 0.15) is 0 Å². The molecule has 0 bridgehead atoms. The lowest BCUT2D eigenvalue weighted by Crippen LogP contribution is -2.05. The molecule has 8 aromatic rings. The molecule has 0 saturated heterocycles. The Hall–Kier alpha value is -4.84. The second kappa shape index (κ2) is 6.36. The Morgan fingerprint density at radius 2 is 0.765 bits per heavy atom. The molecule has 34 heavy (non-hydrogen) atoms. The van der Waals surface area contributed by atoms with Gasteiger partial charge in [-0.2, -0.15) is 0 Å². The number of nitrogens with zero attached hydrogens (tertiary/aromatic N) is 6. The van der Waals surface area contributed by atoms with Crippen LogP contribution >= 0.6 is 0 Å². The van der Waals surface area contributed by atoms with Crippen LogP contribution in [0.2, 0.25) is 0 Å². The lowest BCUT2D eigenvalue weighted by Gasteiger charge is -2.12. The van der Waals surface area contributed by atoms with Gasteiger partial charge in [0.25, 0.3) is 0 Å². The van der Waals surface area contributed by atoms with Crippen LogP contribution in [-0.4, -0.2) is 28.7 Å². The zero-order valence-corrected chi connectivity index (χ0v) is 17.9. The van der Waals surface area contributed by atoms with Gasteiger partial charge in [-0.15, -0.1) is 0 Å². The second-order valence-electron chi connectivity index (χ2n) is 8.42. The van der Waals surface area contributed by atoms with Crippen molar-refractivity contribution >= 4 is 55.2 Å². The summed E-state index contributed by atoms with van der Waals surface area (Å²) in [4.78, 5) is 20.3. The Morgan fingerprint density at radius 1 is 0.382 bits per heavy atom. The fourth-order valence-electron chi connectivity index (χ4n) is 4.99. The summed E-state index contributed by atoms with van der Waals surface area (Å²) in [5.74, 6) is 1.47. The fourth-order valence-corrected chi connectivity index (χ4v) is 4.99. The molecule has 0 amide bonds. The van der Waals surface area contributed by atoms with Crippen molar-refractivity contribution in [3.63, 3.8) is 0 Å². The van der Waals surface area contributed by atoms with E-state index in [1.165, 1.54) is 0 Å². The molecule has 0 aliphatic carbocycles. The predicted molar refractivity (Wildman–Crippen MR) is 135 cm³/mol. The molecular formula is C28H16N6. The molecule has 6 heteroatoms. The maximum Gasteiger partial charge on any atom is 0.183 e. The third-order valence-electron chi connectivity index (χ3n) is 6.49. The molecule has 158 valence electrons. The van der Waals surface area contributed by atoms with Crippen LogP contribution in [0.5, 0.6) is 0 Å². The van der Waals surface area contributed by atoms with Crippen LogP contribution in [0.3, 0.4) is 0 Å². The molecule has 4 heterocycles. The van der Waals surface area contributed by atoms with Gasteiger partial charge in [0, 0.05) is 10.8 Å². The van der Waals surface area contributed by atoms with E-state index in [2.05, 4.69) is 33.1 Å². The normalized spacial score (nSPS) is 12.1. The Bertz CT molecular complexity index is 1930. The van der Waals surface area contributed by atoms with Gasteiger partial charge in [0.2, 0.25) is 0 Å². The van der Waals surface area contributed by atoms with E-state index in [0.717, 1.165) is 66.8 Å². The molecule has 0 radical (unpaired) electrons. The summed E-state index contributed by atoms with van der Waals surface area (Å²) < 4.78 is 4.26. The molecule has 0 aliphatic rings. The minimum Gasteiger partial charge on any atom is -0.273 e. The van der Waals surface area contributed by atoms with Crippen molar-refractivity contribution in [2.24, 2.45) is 0 Å². The zero-order valence-electron chi connectivity index (χ0n) is 17.9. The van der Waals surface area contributed by atoms with E-state index in [-0.39, 0.29) is 0 Å². The maximum absolute atomic E-state index is 5.15. The molecule has 0 unspecified atom stereocenters. The van der Waals surface area contributed by atoms with E-state index in [1.807, 2.05) is 72.8 Å². The first-order chi connectivity index (χ1) is 16.9. The lowest BCUT2D eigenvalue weighted by atomic mass is 10.2. The van der Waals surface area contributed by atoms with Gasteiger partial charge in [-0.05, 0) is 48.5 Å². The fraction of sp³-hybridized carbons (Fsp3) is 0. The first kappa shape index (κ1) is 17.7. The average molecular weight is 436 g/mol. The van der Waals surface area contributed by atoms with E-state index in [9.17, 15) is 0 Å². The number of hydrogen-bond donors (Lipinski definition) is 0. The molecule has 0 aliphatic heterocycles. The van der Waals surface area contributed by atoms with Gasteiger partial charge in [0.1, 0.15) is 11.3 Å². The van der Waals surface area contributed by atoms with Crippen LogP contribution in [0, 0.1) is 0 Å². The standard InChI is InChI=1S/C28H16N6/c1-3-11-19-17(9-1)25-31-21-13-5-7-15-23(21)33(25)27(29-19)28-30-20-12-4-2-10-18(20)26-32-22-14-6-8-16-24(22)34(26)28/h1-16H. The van der Waals surface area contributed by atoms with Gasteiger partial charge in [0.15, 0.2) is 11.6 Å². The number of hydrogen-bond acceptors (Lipinski definition) is 4. The van der Waals surface area contributed by atoms with Crippen LogP contribution in [0.4, 0.5) is 0 Å². The Morgan fingerprint density at radius 3 is 1.24 bits per heavy atom. The highest BCUT2D eigenvalue weighted by Gasteiger charge is 2.21. The van der Waals surface area contributed by atoms with E-state index in [4.69, 9.17) is 19.9 Å². The third kappa shape index (κ3) is 2.24. The molecule has 8 rings (SSSR count). The quantitative estimate of drug-likeness (QED) is 0.314. The third-order valence-corrected chi connectivity index (χ3v) is 6.49. The predicted octanol–water partition coefficient (Wildman–Crippen LogP) is 6.05. The van der Waals surface area contributed by atoms with Crippen LogP contribution in [0.15, 0.2) is 97.1 Å². The van der Waals surface area contributed by atoms with Crippen LogP contribution in [0.25, 0.3) is 66.8 Å². The largest absolute Gasteiger partial charge is 0.273 e. The maximum atomic E-state index is 5.15. The molecule has 4 aromatic heterocycles. The van der Waals surface area contributed by atoms with Crippen molar-refractivity contribution in [2.45, 2.75) is 0 Å². The minimum atomic E-state index is 0.737. The average Bonchev–Trinajstić information content (AvgIpc) is 3.47.